The Hall–Kier alpha value is -3.48. The average Bonchev–Trinajstić information content (AvgIpc) is 3.43. The van der Waals surface area contributed by atoms with Crippen LogP contribution in [0.3, 0.4) is 0 Å². The van der Waals surface area contributed by atoms with Crippen molar-refractivity contribution in [2.75, 3.05) is 5.32 Å². The Morgan fingerprint density at radius 3 is 2.55 bits per heavy atom. The minimum absolute atomic E-state index is 0.150. The predicted molar refractivity (Wildman–Crippen MR) is 128 cm³/mol. The zero-order valence-electron chi connectivity index (χ0n) is 19.7. The van der Waals surface area contributed by atoms with Crippen molar-refractivity contribution in [1.29, 1.82) is 0 Å². The van der Waals surface area contributed by atoms with Gasteiger partial charge in [0, 0.05) is 6.42 Å². The second-order valence-corrected chi connectivity index (χ2v) is 10.3. The maximum Gasteiger partial charge on any atom is 0.292 e. The van der Waals surface area contributed by atoms with Crippen LogP contribution in [-0.4, -0.2) is 25.8 Å². The largest absolute Gasteiger partial charge is 0.456 e. The van der Waals surface area contributed by atoms with Gasteiger partial charge in [0.2, 0.25) is 0 Å². The van der Waals surface area contributed by atoms with Gasteiger partial charge in [0.05, 0.1) is 6.33 Å². The fourth-order valence-corrected chi connectivity index (χ4v) is 4.77. The van der Waals surface area contributed by atoms with Crippen LogP contribution in [0.5, 0.6) is 0 Å². The van der Waals surface area contributed by atoms with Crippen LogP contribution >= 0.6 is 0 Å². The maximum absolute atomic E-state index is 12.8. The Kier molecular flexibility index (Phi) is 4.88. The van der Waals surface area contributed by atoms with E-state index in [1.54, 1.807) is 6.07 Å². The Morgan fingerprint density at radius 1 is 1.06 bits per heavy atom. The summed E-state index contributed by atoms with van der Waals surface area (Å²) in [5.41, 5.74) is 6.77. The van der Waals surface area contributed by atoms with E-state index in [2.05, 4.69) is 72.0 Å². The molecule has 7 heteroatoms. The molecule has 33 heavy (non-hydrogen) atoms. The molecule has 3 aromatic heterocycles. The van der Waals surface area contributed by atoms with E-state index in [0.717, 1.165) is 5.76 Å². The Bertz CT molecular complexity index is 1360. The molecule has 170 valence electrons. The Balaban J connectivity index is 1.39. The third kappa shape index (κ3) is 3.81. The van der Waals surface area contributed by atoms with E-state index in [0.29, 0.717) is 23.4 Å². The lowest BCUT2D eigenvalue weighted by atomic mass is 9.62. The van der Waals surface area contributed by atoms with Crippen LogP contribution in [0.1, 0.15) is 79.1 Å². The van der Waals surface area contributed by atoms with Crippen molar-refractivity contribution in [1.82, 2.24) is 19.9 Å². The van der Waals surface area contributed by atoms with Crippen molar-refractivity contribution < 1.29 is 9.21 Å². The molecule has 0 radical (unpaired) electrons. The first-order valence-corrected chi connectivity index (χ1v) is 11.3. The van der Waals surface area contributed by atoms with Crippen LogP contribution in [0.15, 0.2) is 41.3 Å². The monoisotopic (exact) mass is 443 g/mol. The summed E-state index contributed by atoms with van der Waals surface area (Å²) in [5, 5.41) is 2.78. The van der Waals surface area contributed by atoms with Crippen molar-refractivity contribution >= 4 is 22.9 Å². The molecule has 0 atom stereocenters. The van der Waals surface area contributed by atoms with E-state index >= 15 is 0 Å². The van der Waals surface area contributed by atoms with E-state index in [9.17, 15) is 4.79 Å². The first kappa shape index (κ1) is 21.4. The number of imidazole rings is 1. The molecule has 7 nitrogen and oxygen atoms in total. The van der Waals surface area contributed by atoms with E-state index in [-0.39, 0.29) is 22.5 Å². The molecule has 2 N–H and O–H groups in total. The number of rotatable bonds is 4. The summed E-state index contributed by atoms with van der Waals surface area (Å²) in [5.74, 6) is 1.01. The molecular formula is C26H29N5O2. The van der Waals surface area contributed by atoms with Crippen LogP contribution in [0.2, 0.25) is 0 Å². The zero-order chi connectivity index (χ0) is 23.4. The number of fused-ring (bicyclic) bond motifs is 2. The van der Waals surface area contributed by atoms with Crippen LogP contribution in [-0.2, 0) is 17.3 Å². The van der Waals surface area contributed by atoms with Gasteiger partial charge in [-0.05, 0) is 65.0 Å². The molecule has 1 aliphatic rings. The first-order chi connectivity index (χ1) is 15.6. The van der Waals surface area contributed by atoms with Gasteiger partial charge in [0.15, 0.2) is 17.2 Å². The van der Waals surface area contributed by atoms with Gasteiger partial charge in [-0.3, -0.25) is 4.79 Å². The van der Waals surface area contributed by atoms with E-state index in [1.165, 1.54) is 47.8 Å². The number of amides is 1. The summed E-state index contributed by atoms with van der Waals surface area (Å²) in [6, 6.07) is 8.28. The second-order valence-electron chi connectivity index (χ2n) is 10.3. The highest BCUT2D eigenvalue weighted by Crippen LogP contribution is 2.46. The molecule has 3 heterocycles. The summed E-state index contributed by atoms with van der Waals surface area (Å²) in [6.07, 6.45) is 5.89. The number of H-pyrrole nitrogens is 1. The van der Waals surface area contributed by atoms with Crippen LogP contribution in [0.25, 0.3) is 11.2 Å². The number of hydrogen-bond donors (Lipinski definition) is 2. The van der Waals surface area contributed by atoms with E-state index in [1.807, 2.05) is 6.07 Å². The van der Waals surface area contributed by atoms with Crippen molar-refractivity contribution in [2.45, 2.75) is 64.7 Å². The minimum Gasteiger partial charge on any atom is -0.456 e. The number of benzene rings is 1. The first-order valence-electron chi connectivity index (χ1n) is 11.3. The van der Waals surface area contributed by atoms with Gasteiger partial charge in [-0.1, -0.05) is 39.8 Å². The smallest absolute Gasteiger partial charge is 0.292 e. The van der Waals surface area contributed by atoms with Gasteiger partial charge in [0.1, 0.15) is 17.6 Å². The van der Waals surface area contributed by atoms with Crippen molar-refractivity contribution in [3.63, 3.8) is 0 Å². The molecule has 4 aromatic rings. The molecule has 0 saturated heterocycles. The van der Waals surface area contributed by atoms with Crippen LogP contribution < -0.4 is 5.32 Å². The quantitative estimate of drug-likeness (QED) is 0.437. The average molecular weight is 444 g/mol. The van der Waals surface area contributed by atoms with Gasteiger partial charge in [-0.15, -0.1) is 0 Å². The highest BCUT2D eigenvalue weighted by Gasteiger charge is 2.37. The van der Waals surface area contributed by atoms with Crippen molar-refractivity contribution in [2.24, 2.45) is 0 Å². The molecule has 0 spiro atoms. The van der Waals surface area contributed by atoms with Gasteiger partial charge in [0.25, 0.3) is 5.91 Å². The third-order valence-corrected chi connectivity index (χ3v) is 7.01. The molecule has 0 bridgehead atoms. The number of carbonyl (C=O) groups is 1. The number of aromatic amines is 1. The summed E-state index contributed by atoms with van der Waals surface area (Å²) in [4.78, 5) is 28.0. The highest BCUT2D eigenvalue weighted by molar-refractivity contribution is 6.05. The molecular weight excluding hydrogens is 414 g/mol. The summed E-state index contributed by atoms with van der Waals surface area (Å²) in [7, 11) is 0. The van der Waals surface area contributed by atoms with Gasteiger partial charge in [-0.2, -0.15) is 0 Å². The number of hydrogen-bond acceptors (Lipinski definition) is 5. The second kappa shape index (κ2) is 7.54. The van der Waals surface area contributed by atoms with E-state index in [4.69, 9.17) is 4.42 Å². The molecule has 0 unspecified atom stereocenters. The van der Waals surface area contributed by atoms with Crippen molar-refractivity contribution in [3.8, 4) is 0 Å². The number of anilines is 1. The fraction of sp³-hybridized carbons (Fsp3) is 0.385. The van der Waals surface area contributed by atoms with Crippen molar-refractivity contribution in [3.05, 3.63) is 70.7 Å². The highest BCUT2D eigenvalue weighted by atomic mass is 16.3. The van der Waals surface area contributed by atoms with Crippen LogP contribution in [0, 0.1) is 6.92 Å². The maximum atomic E-state index is 12.8. The number of furan rings is 1. The number of aryl methyl sites for hydroxylation is 1. The molecule has 1 amide bonds. The molecule has 0 aliphatic heterocycles. The normalized spacial score (nSPS) is 16.5. The van der Waals surface area contributed by atoms with Gasteiger partial charge in [-0.25, -0.2) is 15.0 Å². The lowest BCUT2D eigenvalue weighted by Crippen LogP contribution is -2.34. The topological polar surface area (TPSA) is 96.7 Å². The number of aromatic nitrogens is 4. The number of carbonyl (C=O) groups excluding carboxylic acids is 1. The molecule has 0 saturated carbocycles. The Morgan fingerprint density at radius 2 is 1.79 bits per heavy atom. The van der Waals surface area contributed by atoms with E-state index < -0.39 is 0 Å². The molecule has 1 aromatic carbocycles. The SMILES string of the molecule is Cc1cc2c(cc1Cc1ccc(C(=O)Nc3ncnc4nc[nH]c34)o1)C(C)(C)CCC2(C)C. The molecule has 0 fully saturated rings. The lowest BCUT2D eigenvalue weighted by molar-refractivity contribution is 0.0995. The summed E-state index contributed by atoms with van der Waals surface area (Å²) < 4.78 is 5.93. The van der Waals surface area contributed by atoms with Crippen LogP contribution in [0.4, 0.5) is 5.82 Å². The minimum atomic E-state index is -0.360. The summed E-state index contributed by atoms with van der Waals surface area (Å²) in [6.45, 7) is 11.5. The third-order valence-electron chi connectivity index (χ3n) is 7.01. The number of nitrogens with zero attached hydrogens (tertiary/aromatic N) is 3. The molecule has 1 aliphatic carbocycles. The number of nitrogens with one attached hydrogen (secondary N) is 2. The zero-order valence-corrected chi connectivity index (χ0v) is 19.7. The fourth-order valence-electron chi connectivity index (χ4n) is 4.77. The summed E-state index contributed by atoms with van der Waals surface area (Å²) >= 11 is 0. The lowest BCUT2D eigenvalue weighted by Gasteiger charge is -2.42. The predicted octanol–water partition coefficient (Wildman–Crippen LogP) is 5.45. The standard InChI is InChI=1S/C26H29N5O2/c1-15-10-18-19(26(4,5)9-8-25(18,2)3)12-16(15)11-17-6-7-20(33-17)24(32)31-23-21-22(28-13-27-21)29-14-30-23/h6-7,10,12-14H,8-9,11H2,1-5H3,(H2,27,28,29,30,31,32). The molecule has 5 rings (SSSR count). The van der Waals surface area contributed by atoms with Gasteiger partial charge >= 0.3 is 0 Å². The van der Waals surface area contributed by atoms with Gasteiger partial charge < -0.3 is 14.7 Å². The Labute approximate surface area is 193 Å².